The molecule has 1 heterocycles. The minimum atomic E-state index is -0.354. The highest BCUT2D eigenvalue weighted by Gasteiger charge is 2.21. The van der Waals surface area contributed by atoms with Gasteiger partial charge in [-0.15, -0.1) is 0 Å². The first-order valence-corrected chi connectivity index (χ1v) is 7.60. The number of amides is 2. The largest absolute Gasteiger partial charge is 0.454 e. The Labute approximate surface area is 143 Å². The van der Waals surface area contributed by atoms with Crippen LogP contribution in [0.15, 0.2) is 30.3 Å². The van der Waals surface area contributed by atoms with Crippen molar-refractivity contribution < 1.29 is 19.1 Å². The Balaban J connectivity index is 1.88. The van der Waals surface area contributed by atoms with Gasteiger partial charge in [-0.1, -0.05) is 17.7 Å². The molecule has 1 aliphatic heterocycles. The first-order valence-electron chi connectivity index (χ1n) is 7.23. The van der Waals surface area contributed by atoms with Crippen LogP contribution in [-0.2, 0) is 0 Å². The Morgan fingerprint density at radius 1 is 1.08 bits per heavy atom. The molecule has 2 aromatic rings. The summed E-state index contributed by atoms with van der Waals surface area (Å²) in [7, 11) is 1.55. The molecule has 0 unspecified atom stereocenters. The molecule has 0 aromatic heterocycles. The second-order valence-corrected chi connectivity index (χ2v) is 5.66. The Morgan fingerprint density at radius 2 is 1.88 bits per heavy atom. The molecule has 3 rings (SSSR count). The van der Waals surface area contributed by atoms with E-state index in [-0.39, 0.29) is 18.6 Å². The monoisotopic (exact) mass is 346 g/mol. The predicted octanol–water partition coefficient (Wildman–Crippen LogP) is 2.99. The van der Waals surface area contributed by atoms with Crippen LogP contribution in [0.2, 0.25) is 5.02 Å². The Hall–Kier alpha value is -2.73. The average molecular weight is 347 g/mol. The number of hydrogen-bond acceptors (Lipinski definition) is 4. The zero-order chi connectivity index (χ0) is 17.3. The molecule has 124 valence electrons. The van der Waals surface area contributed by atoms with E-state index in [2.05, 4.69) is 10.6 Å². The van der Waals surface area contributed by atoms with Crippen molar-refractivity contribution in [2.45, 2.75) is 6.92 Å². The summed E-state index contributed by atoms with van der Waals surface area (Å²) in [5.74, 6) is 0.290. The van der Waals surface area contributed by atoms with Gasteiger partial charge in [0.25, 0.3) is 11.8 Å². The highest BCUT2D eigenvalue weighted by atomic mass is 35.5. The van der Waals surface area contributed by atoms with Gasteiger partial charge in [0.05, 0.1) is 5.02 Å². The third kappa shape index (κ3) is 3.00. The first-order chi connectivity index (χ1) is 11.5. The van der Waals surface area contributed by atoms with Gasteiger partial charge in [0, 0.05) is 23.9 Å². The standard InChI is InChI=1S/C17H15ClN2O4/c1-9-3-4-10(16(21)19-2)6-13(9)20-17(22)11-5-12(18)15-14(7-11)23-8-24-15/h3-7H,8H2,1-2H3,(H,19,21)(H,20,22). The van der Waals surface area contributed by atoms with Crippen molar-refractivity contribution in [3.63, 3.8) is 0 Å². The molecule has 24 heavy (non-hydrogen) atoms. The van der Waals surface area contributed by atoms with Crippen LogP contribution in [-0.4, -0.2) is 25.7 Å². The summed E-state index contributed by atoms with van der Waals surface area (Å²) in [6, 6.07) is 8.18. The molecule has 2 amide bonds. The number of anilines is 1. The molecule has 0 saturated carbocycles. The number of hydrogen-bond donors (Lipinski definition) is 2. The summed E-state index contributed by atoms with van der Waals surface area (Å²) in [4.78, 5) is 24.2. The fourth-order valence-corrected chi connectivity index (χ4v) is 2.60. The molecule has 1 aliphatic rings. The van der Waals surface area contributed by atoms with Gasteiger partial charge in [-0.25, -0.2) is 0 Å². The molecule has 7 heteroatoms. The number of halogens is 1. The maximum Gasteiger partial charge on any atom is 0.255 e. The molecule has 0 radical (unpaired) electrons. The van der Waals surface area contributed by atoms with Crippen LogP contribution in [0, 0.1) is 6.92 Å². The molecular formula is C17H15ClN2O4. The lowest BCUT2D eigenvalue weighted by Gasteiger charge is -2.11. The van der Waals surface area contributed by atoms with Crippen molar-refractivity contribution in [2.24, 2.45) is 0 Å². The second-order valence-electron chi connectivity index (χ2n) is 5.25. The van der Waals surface area contributed by atoms with E-state index in [9.17, 15) is 9.59 Å². The van der Waals surface area contributed by atoms with Gasteiger partial charge in [-0.3, -0.25) is 9.59 Å². The van der Waals surface area contributed by atoms with Crippen LogP contribution < -0.4 is 20.1 Å². The summed E-state index contributed by atoms with van der Waals surface area (Å²) in [6.07, 6.45) is 0. The number of aryl methyl sites for hydroxylation is 1. The summed E-state index contributed by atoms with van der Waals surface area (Å²) < 4.78 is 10.5. The first kappa shape index (κ1) is 16.1. The van der Waals surface area contributed by atoms with Crippen molar-refractivity contribution in [2.75, 3.05) is 19.2 Å². The number of ether oxygens (including phenoxy) is 2. The van der Waals surface area contributed by atoms with Gasteiger partial charge in [-0.2, -0.15) is 0 Å². The van der Waals surface area contributed by atoms with Crippen molar-refractivity contribution in [1.82, 2.24) is 5.32 Å². The Morgan fingerprint density at radius 3 is 2.62 bits per heavy atom. The lowest BCUT2D eigenvalue weighted by atomic mass is 10.1. The van der Waals surface area contributed by atoms with Crippen LogP contribution in [0.25, 0.3) is 0 Å². The van der Waals surface area contributed by atoms with Crippen molar-refractivity contribution in [3.8, 4) is 11.5 Å². The van der Waals surface area contributed by atoms with E-state index in [1.54, 1.807) is 31.3 Å². The number of nitrogens with one attached hydrogen (secondary N) is 2. The normalized spacial score (nSPS) is 12.0. The Bertz CT molecular complexity index is 836. The molecule has 0 aliphatic carbocycles. The number of fused-ring (bicyclic) bond motifs is 1. The van der Waals surface area contributed by atoms with E-state index in [4.69, 9.17) is 21.1 Å². The zero-order valence-corrected chi connectivity index (χ0v) is 13.9. The Kier molecular flexibility index (Phi) is 4.31. The molecule has 2 aromatic carbocycles. The number of carbonyl (C=O) groups is 2. The van der Waals surface area contributed by atoms with E-state index >= 15 is 0 Å². The van der Waals surface area contributed by atoms with E-state index in [0.717, 1.165) is 5.56 Å². The molecule has 0 atom stereocenters. The molecule has 0 spiro atoms. The molecular weight excluding hydrogens is 332 g/mol. The van der Waals surface area contributed by atoms with Crippen LogP contribution in [0.3, 0.4) is 0 Å². The predicted molar refractivity (Wildman–Crippen MR) is 90.1 cm³/mol. The molecule has 0 bridgehead atoms. The minimum Gasteiger partial charge on any atom is -0.454 e. The minimum absolute atomic E-state index is 0.0768. The zero-order valence-electron chi connectivity index (χ0n) is 13.1. The van der Waals surface area contributed by atoms with Gasteiger partial charge in [0.2, 0.25) is 6.79 Å². The van der Waals surface area contributed by atoms with Crippen LogP contribution in [0.5, 0.6) is 11.5 Å². The van der Waals surface area contributed by atoms with Crippen LogP contribution in [0.4, 0.5) is 5.69 Å². The van der Waals surface area contributed by atoms with Crippen molar-refractivity contribution >= 4 is 29.1 Å². The average Bonchev–Trinajstić information content (AvgIpc) is 3.05. The lowest BCUT2D eigenvalue weighted by Crippen LogP contribution is -2.19. The van der Waals surface area contributed by atoms with Gasteiger partial charge in [0.1, 0.15) is 0 Å². The highest BCUT2D eigenvalue weighted by molar-refractivity contribution is 6.32. The lowest BCUT2D eigenvalue weighted by molar-refractivity contribution is 0.0961. The van der Waals surface area contributed by atoms with E-state index in [0.29, 0.717) is 33.3 Å². The molecule has 6 nitrogen and oxygen atoms in total. The summed E-state index contributed by atoms with van der Waals surface area (Å²) in [5, 5.41) is 5.65. The van der Waals surface area contributed by atoms with Gasteiger partial charge >= 0.3 is 0 Å². The van der Waals surface area contributed by atoms with E-state index in [1.807, 2.05) is 6.92 Å². The number of benzene rings is 2. The van der Waals surface area contributed by atoms with E-state index in [1.165, 1.54) is 6.07 Å². The number of carbonyl (C=O) groups excluding carboxylic acids is 2. The van der Waals surface area contributed by atoms with Gasteiger partial charge in [-0.05, 0) is 36.8 Å². The summed E-state index contributed by atoms with van der Waals surface area (Å²) >= 11 is 6.10. The van der Waals surface area contributed by atoms with Gasteiger partial charge in [0.15, 0.2) is 11.5 Å². The summed E-state index contributed by atoms with van der Waals surface area (Å²) in [6.45, 7) is 1.92. The second kappa shape index (κ2) is 6.41. The summed E-state index contributed by atoms with van der Waals surface area (Å²) in [5.41, 5.74) is 2.19. The topological polar surface area (TPSA) is 76.7 Å². The van der Waals surface area contributed by atoms with Crippen molar-refractivity contribution in [3.05, 3.63) is 52.0 Å². The fourth-order valence-electron chi connectivity index (χ4n) is 2.34. The third-order valence-corrected chi connectivity index (χ3v) is 3.95. The smallest absolute Gasteiger partial charge is 0.255 e. The molecule has 0 saturated heterocycles. The number of rotatable bonds is 3. The maximum atomic E-state index is 12.5. The van der Waals surface area contributed by atoms with Crippen LogP contribution in [0.1, 0.15) is 26.3 Å². The molecule has 2 N–H and O–H groups in total. The quantitative estimate of drug-likeness (QED) is 0.895. The van der Waals surface area contributed by atoms with Crippen LogP contribution >= 0.6 is 11.6 Å². The molecule has 0 fully saturated rings. The third-order valence-electron chi connectivity index (χ3n) is 3.66. The highest BCUT2D eigenvalue weighted by Crippen LogP contribution is 2.39. The van der Waals surface area contributed by atoms with Gasteiger partial charge < -0.3 is 20.1 Å². The fraction of sp³-hybridized carbons (Fsp3) is 0.176. The van der Waals surface area contributed by atoms with E-state index < -0.39 is 0 Å². The maximum absolute atomic E-state index is 12.5. The SMILES string of the molecule is CNC(=O)c1ccc(C)c(NC(=O)c2cc(Cl)c3c(c2)OCO3)c1. The van der Waals surface area contributed by atoms with Crippen molar-refractivity contribution in [1.29, 1.82) is 0 Å².